The molecule has 1 aliphatic heterocycles. The molecule has 2 atom stereocenters. The van der Waals surface area contributed by atoms with Crippen LogP contribution >= 0.6 is 0 Å². The van der Waals surface area contributed by atoms with E-state index in [0.717, 1.165) is 25.7 Å². The molecule has 2 N–H and O–H groups in total. The van der Waals surface area contributed by atoms with E-state index in [1.165, 1.54) is 0 Å². The number of hydrogen-bond acceptors (Lipinski definition) is 3. The van der Waals surface area contributed by atoms with Crippen molar-refractivity contribution in [1.82, 2.24) is 10.2 Å². The molecule has 118 valence electrons. The van der Waals surface area contributed by atoms with E-state index in [1.54, 1.807) is 4.90 Å². The Labute approximate surface area is 124 Å². The lowest BCUT2D eigenvalue weighted by molar-refractivity contribution is -0.142. The van der Waals surface area contributed by atoms with Crippen molar-refractivity contribution in [3.63, 3.8) is 0 Å². The van der Waals surface area contributed by atoms with Crippen molar-refractivity contribution in [2.24, 2.45) is 17.8 Å². The SMILES string of the molecule is CC1CN(C(=O)CCNC(=O)C2CCCC2)CC1C(=O)O. The molecule has 0 aromatic carbocycles. The molecule has 2 rings (SSSR count). The molecule has 1 heterocycles. The van der Waals surface area contributed by atoms with Gasteiger partial charge in [-0.1, -0.05) is 19.8 Å². The number of rotatable bonds is 5. The molecule has 0 radical (unpaired) electrons. The van der Waals surface area contributed by atoms with Gasteiger partial charge in [0.2, 0.25) is 11.8 Å². The van der Waals surface area contributed by atoms with Crippen molar-refractivity contribution in [3.05, 3.63) is 0 Å². The van der Waals surface area contributed by atoms with E-state index >= 15 is 0 Å². The molecule has 1 saturated heterocycles. The van der Waals surface area contributed by atoms with Crippen LogP contribution in [0.1, 0.15) is 39.0 Å². The summed E-state index contributed by atoms with van der Waals surface area (Å²) in [6, 6.07) is 0. The summed E-state index contributed by atoms with van der Waals surface area (Å²) in [4.78, 5) is 36.5. The first-order valence-corrected chi connectivity index (χ1v) is 7.77. The van der Waals surface area contributed by atoms with Gasteiger partial charge in [0.1, 0.15) is 0 Å². The van der Waals surface area contributed by atoms with Gasteiger partial charge in [-0.05, 0) is 18.8 Å². The third-order valence-electron chi connectivity index (χ3n) is 4.65. The first kappa shape index (κ1) is 15.8. The number of carboxylic acids is 1. The highest BCUT2D eigenvalue weighted by atomic mass is 16.4. The van der Waals surface area contributed by atoms with Crippen LogP contribution in [-0.2, 0) is 14.4 Å². The number of nitrogens with one attached hydrogen (secondary N) is 1. The highest BCUT2D eigenvalue weighted by Gasteiger charge is 2.36. The fraction of sp³-hybridized carbons (Fsp3) is 0.800. The highest BCUT2D eigenvalue weighted by molar-refractivity contribution is 5.81. The van der Waals surface area contributed by atoms with Crippen LogP contribution in [0.3, 0.4) is 0 Å². The normalized spacial score (nSPS) is 26.0. The third kappa shape index (κ3) is 3.95. The Balaban J connectivity index is 1.70. The smallest absolute Gasteiger partial charge is 0.308 e. The Morgan fingerprint density at radius 1 is 1.19 bits per heavy atom. The third-order valence-corrected chi connectivity index (χ3v) is 4.65. The summed E-state index contributed by atoms with van der Waals surface area (Å²) >= 11 is 0. The molecule has 2 amide bonds. The zero-order valence-electron chi connectivity index (χ0n) is 12.5. The first-order chi connectivity index (χ1) is 9.99. The lowest BCUT2D eigenvalue weighted by Crippen LogP contribution is -2.35. The van der Waals surface area contributed by atoms with Crippen molar-refractivity contribution >= 4 is 17.8 Å². The van der Waals surface area contributed by atoms with Gasteiger partial charge in [0, 0.05) is 32.0 Å². The van der Waals surface area contributed by atoms with Gasteiger partial charge >= 0.3 is 5.97 Å². The van der Waals surface area contributed by atoms with E-state index < -0.39 is 11.9 Å². The number of carbonyl (C=O) groups is 3. The van der Waals surface area contributed by atoms with Crippen molar-refractivity contribution < 1.29 is 19.5 Å². The summed E-state index contributed by atoms with van der Waals surface area (Å²) in [7, 11) is 0. The van der Waals surface area contributed by atoms with Crippen LogP contribution < -0.4 is 5.32 Å². The van der Waals surface area contributed by atoms with Gasteiger partial charge < -0.3 is 15.3 Å². The summed E-state index contributed by atoms with van der Waals surface area (Å²) in [6.07, 6.45) is 4.36. The van der Waals surface area contributed by atoms with Crippen molar-refractivity contribution in [2.75, 3.05) is 19.6 Å². The fourth-order valence-corrected chi connectivity index (χ4v) is 3.27. The van der Waals surface area contributed by atoms with Gasteiger partial charge in [-0.3, -0.25) is 14.4 Å². The molecule has 21 heavy (non-hydrogen) atoms. The number of carbonyl (C=O) groups excluding carboxylic acids is 2. The maximum absolute atomic E-state index is 12.0. The topological polar surface area (TPSA) is 86.7 Å². The van der Waals surface area contributed by atoms with Crippen LogP contribution in [0.4, 0.5) is 0 Å². The van der Waals surface area contributed by atoms with Gasteiger partial charge in [-0.25, -0.2) is 0 Å². The van der Waals surface area contributed by atoms with Crippen molar-refractivity contribution in [3.8, 4) is 0 Å². The standard InChI is InChI=1S/C15H24N2O4/c1-10-8-17(9-12(10)15(20)21)13(18)6-7-16-14(19)11-4-2-3-5-11/h10-12H,2-9H2,1H3,(H,16,19)(H,20,21). The summed E-state index contributed by atoms with van der Waals surface area (Å²) in [5, 5.41) is 11.9. The number of nitrogens with zero attached hydrogens (tertiary/aromatic N) is 1. The Bertz CT molecular complexity index is 418. The Hall–Kier alpha value is -1.59. The minimum absolute atomic E-state index is 0.0143. The molecule has 0 spiro atoms. The van der Waals surface area contributed by atoms with Gasteiger partial charge in [0.25, 0.3) is 0 Å². The molecule has 2 aliphatic rings. The fourth-order valence-electron chi connectivity index (χ4n) is 3.27. The van der Waals surface area contributed by atoms with E-state index in [4.69, 9.17) is 5.11 Å². The van der Waals surface area contributed by atoms with Crippen LogP contribution in [0.2, 0.25) is 0 Å². The molecule has 2 fully saturated rings. The molecule has 1 saturated carbocycles. The summed E-state index contributed by atoms with van der Waals surface area (Å²) in [5.41, 5.74) is 0. The van der Waals surface area contributed by atoms with Crippen molar-refractivity contribution in [2.45, 2.75) is 39.0 Å². The van der Waals surface area contributed by atoms with Crippen LogP contribution in [-0.4, -0.2) is 47.4 Å². The lowest BCUT2D eigenvalue weighted by Gasteiger charge is -2.16. The average Bonchev–Trinajstić information content (AvgIpc) is 3.07. The maximum atomic E-state index is 12.0. The van der Waals surface area contributed by atoms with Gasteiger partial charge in [-0.2, -0.15) is 0 Å². The molecule has 0 aromatic heterocycles. The number of carboxylic acid groups (broad SMARTS) is 1. The zero-order chi connectivity index (χ0) is 15.4. The summed E-state index contributed by atoms with van der Waals surface area (Å²) in [5.74, 6) is -1.23. The van der Waals surface area contributed by atoms with Crippen LogP contribution in [0.5, 0.6) is 0 Å². The molecular formula is C15H24N2O4. The van der Waals surface area contributed by atoms with Gasteiger partial charge in [-0.15, -0.1) is 0 Å². The van der Waals surface area contributed by atoms with Crippen LogP contribution in [0.25, 0.3) is 0 Å². The molecular weight excluding hydrogens is 272 g/mol. The first-order valence-electron chi connectivity index (χ1n) is 7.77. The number of likely N-dealkylation sites (tertiary alicyclic amines) is 1. The maximum Gasteiger partial charge on any atom is 0.308 e. The second kappa shape index (κ2) is 6.91. The summed E-state index contributed by atoms with van der Waals surface area (Å²) in [6.45, 7) is 2.98. The van der Waals surface area contributed by atoms with Crippen LogP contribution in [0.15, 0.2) is 0 Å². The minimum Gasteiger partial charge on any atom is -0.481 e. The van der Waals surface area contributed by atoms with E-state index in [2.05, 4.69) is 5.32 Å². The number of hydrogen-bond donors (Lipinski definition) is 2. The van der Waals surface area contributed by atoms with E-state index in [-0.39, 0.29) is 36.6 Å². The lowest BCUT2D eigenvalue weighted by atomic mass is 9.99. The molecule has 6 nitrogen and oxygen atoms in total. The molecule has 1 aliphatic carbocycles. The molecule has 6 heteroatoms. The predicted molar refractivity (Wildman–Crippen MR) is 76.5 cm³/mol. The van der Waals surface area contributed by atoms with Crippen LogP contribution in [0, 0.1) is 17.8 Å². The van der Waals surface area contributed by atoms with Gasteiger partial charge in [0.05, 0.1) is 5.92 Å². The second-order valence-corrected chi connectivity index (χ2v) is 6.24. The Kier molecular flexibility index (Phi) is 5.20. The van der Waals surface area contributed by atoms with E-state index in [9.17, 15) is 14.4 Å². The largest absolute Gasteiger partial charge is 0.481 e. The monoisotopic (exact) mass is 296 g/mol. The van der Waals surface area contributed by atoms with E-state index in [1.807, 2.05) is 6.92 Å². The predicted octanol–water partition coefficient (Wildman–Crippen LogP) is 0.862. The second-order valence-electron chi connectivity index (χ2n) is 6.24. The summed E-state index contributed by atoms with van der Waals surface area (Å²) < 4.78 is 0. The minimum atomic E-state index is -0.840. The molecule has 0 aromatic rings. The highest BCUT2D eigenvalue weighted by Crippen LogP contribution is 2.25. The zero-order valence-corrected chi connectivity index (χ0v) is 12.5. The number of aliphatic carboxylic acids is 1. The van der Waals surface area contributed by atoms with Crippen molar-refractivity contribution in [1.29, 1.82) is 0 Å². The van der Waals surface area contributed by atoms with Gasteiger partial charge in [0.15, 0.2) is 0 Å². The Morgan fingerprint density at radius 3 is 2.43 bits per heavy atom. The average molecular weight is 296 g/mol. The van der Waals surface area contributed by atoms with E-state index in [0.29, 0.717) is 13.1 Å². The Morgan fingerprint density at radius 2 is 1.86 bits per heavy atom. The molecule has 0 bridgehead atoms. The quantitative estimate of drug-likeness (QED) is 0.788. The number of amides is 2. The molecule has 2 unspecified atom stereocenters.